The number of rotatable bonds is 4. The van der Waals surface area contributed by atoms with E-state index in [-0.39, 0.29) is 11.0 Å². The largest absolute Gasteiger partial charge is 0.376 e. The highest BCUT2D eigenvalue weighted by molar-refractivity contribution is 5.97. The van der Waals surface area contributed by atoms with Crippen molar-refractivity contribution in [1.29, 1.82) is 0 Å². The number of nitrogens with zero attached hydrogens (tertiary/aromatic N) is 2. The summed E-state index contributed by atoms with van der Waals surface area (Å²) in [6.45, 7) is 2.04. The summed E-state index contributed by atoms with van der Waals surface area (Å²) < 4.78 is 1.85. The van der Waals surface area contributed by atoms with Crippen LogP contribution < -0.4 is 10.7 Å². The zero-order valence-electron chi connectivity index (χ0n) is 13.2. The number of aliphatic hydroxyl groups is 1. The van der Waals surface area contributed by atoms with Crippen molar-refractivity contribution >= 4 is 16.8 Å². The molecule has 0 spiro atoms. The smallest absolute Gasteiger partial charge is 0.258 e. The van der Waals surface area contributed by atoms with E-state index in [2.05, 4.69) is 10.3 Å². The fraction of sp³-hybridized carbons (Fsp3) is 0.167. The van der Waals surface area contributed by atoms with Gasteiger partial charge in [0.25, 0.3) is 5.91 Å². The SMILES string of the molecule is CCn1cc(C(=O)NCO)c(=O)c2ccc(-c3ccncc3)cc21. The van der Waals surface area contributed by atoms with Crippen molar-refractivity contribution in [3.8, 4) is 11.1 Å². The summed E-state index contributed by atoms with van der Waals surface area (Å²) in [6.07, 6.45) is 4.97. The second kappa shape index (κ2) is 6.64. The number of fused-ring (bicyclic) bond motifs is 1. The lowest BCUT2D eigenvalue weighted by molar-refractivity contribution is 0.0908. The Bertz CT molecular complexity index is 949. The topological polar surface area (TPSA) is 84.2 Å². The summed E-state index contributed by atoms with van der Waals surface area (Å²) in [5.41, 5.74) is 2.41. The zero-order chi connectivity index (χ0) is 17.1. The highest BCUT2D eigenvalue weighted by atomic mass is 16.3. The van der Waals surface area contributed by atoms with Crippen molar-refractivity contribution in [2.75, 3.05) is 6.73 Å². The minimum Gasteiger partial charge on any atom is -0.376 e. The van der Waals surface area contributed by atoms with Crippen molar-refractivity contribution in [3.05, 3.63) is 64.7 Å². The molecule has 6 nitrogen and oxygen atoms in total. The first-order valence-electron chi connectivity index (χ1n) is 7.62. The van der Waals surface area contributed by atoms with E-state index in [1.807, 2.05) is 35.8 Å². The van der Waals surface area contributed by atoms with Gasteiger partial charge in [0, 0.05) is 30.5 Å². The van der Waals surface area contributed by atoms with Crippen LogP contribution in [0.4, 0.5) is 0 Å². The molecule has 0 atom stereocenters. The highest BCUT2D eigenvalue weighted by Gasteiger charge is 2.15. The van der Waals surface area contributed by atoms with Crippen molar-refractivity contribution in [2.45, 2.75) is 13.5 Å². The molecule has 24 heavy (non-hydrogen) atoms. The minimum absolute atomic E-state index is 0.0232. The molecule has 0 saturated heterocycles. The van der Waals surface area contributed by atoms with Gasteiger partial charge in [0.05, 0.1) is 5.52 Å². The van der Waals surface area contributed by atoms with Gasteiger partial charge in [0.2, 0.25) is 5.43 Å². The number of aliphatic hydroxyl groups excluding tert-OH is 1. The molecule has 2 aromatic heterocycles. The Kier molecular flexibility index (Phi) is 4.39. The van der Waals surface area contributed by atoms with E-state index in [9.17, 15) is 9.59 Å². The molecule has 0 aliphatic carbocycles. The van der Waals surface area contributed by atoms with Crippen LogP contribution in [0, 0.1) is 0 Å². The first-order chi connectivity index (χ1) is 11.7. The predicted molar refractivity (Wildman–Crippen MR) is 91.7 cm³/mol. The third-order valence-electron chi connectivity index (χ3n) is 3.92. The quantitative estimate of drug-likeness (QED) is 0.717. The molecule has 0 saturated carbocycles. The van der Waals surface area contributed by atoms with Crippen LogP contribution in [0.15, 0.2) is 53.7 Å². The van der Waals surface area contributed by atoms with Crippen LogP contribution in [0.5, 0.6) is 0 Å². The van der Waals surface area contributed by atoms with E-state index in [0.29, 0.717) is 11.9 Å². The molecule has 0 aliphatic rings. The molecule has 1 aromatic carbocycles. The van der Waals surface area contributed by atoms with Crippen molar-refractivity contribution in [1.82, 2.24) is 14.9 Å². The van der Waals surface area contributed by atoms with Gasteiger partial charge in [0.1, 0.15) is 12.3 Å². The summed E-state index contributed by atoms with van der Waals surface area (Å²) >= 11 is 0. The molecule has 0 aliphatic heterocycles. The molecule has 0 fully saturated rings. The first-order valence-corrected chi connectivity index (χ1v) is 7.62. The molecule has 2 N–H and O–H groups in total. The number of carbonyl (C=O) groups is 1. The van der Waals surface area contributed by atoms with Crippen LogP contribution in [0.3, 0.4) is 0 Å². The third kappa shape index (κ3) is 2.79. The molecule has 0 radical (unpaired) electrons. The Morgan fingerprint density at radius 2 is 1.96 bits per heavy atom. The van der Waals surface area contributed by atoms with E-state index in [4.69, 9.17) is 5.11 Å². The van der Waals surface area contributed by atoms with E-state index >= 15 is 0 Å². The second-order valence-electron chi connectivity index (χ2n) is 5.29. The summed E-state index contributed by atoms with van der Waals surface area (Å²) in [7, 11) is 0. The fourth-order valence-corrected chi connectivity index (χ4v) is 2.70. The van der Waals surface area contributed by atoms with Crippen LogP contribution in [-0.2, 0) is 6.54 Å². The van der Waals surface area contributed by atoms with Gasteiger partial charge in [-0.25, -0.2) is 0 Å². The van der Waals surface area contributed by atoms with Gasteiger partial charge < -0.3 is 15.0 Å². The summed E-state index contributed by atoms with van der Waals surface area (Å²) in [6, 6.07) is 9.32. The van der Waals surface area contributed by atoms with Crippen LogP contribution in [0.1, 0.15) is 17.3 Å². The molecule has 0 unspecified atom stereocenters. The molecule has 2 heterocycles. The maximum absolute atomic E-state index is 12.6. The maximum atomic E-state index is 12.6. The lowest BCUT2D eigenvalue weighted by Gasteiger charge is -2.13. The number of hydrogen-bond acceptors (Lipinski definition) is 4. The van der Waals surface area contributed by atoms with Gasteiger partial charge in [-0.2, -0.15) is 0 Å². The lowest BCUT2D eigenvalue weighted by atomic mass is 10.0. The van der Waals surface area contributed by atoms with Crippen LogP contribution >= 0.6 is 0 Å². The Balaban J connectivity index is 2.22. The average molecular weight is 323 g/mol. The Hall–Kier alpha value is -2.99. The standard InChI is InChI=1S/C18H17N3O3/c1-2-21-10-15(18(24)20-11-22)17(23)14-4-3-13(9-16(14)21)12-5-7-19-8-6-12/h3-10,22H,2,11H2,1H3,(H,20,24). The maximum Gasteiger partial charge on any atom is 0.258 e. The Morgan fingerprint density at radius 1 is 1.21 bits per heavy atom. The van der Waals surface area contributed by atoms with Crippen LogP contribution in [-0.4, -0.2) is 27.3 Å². The number of aromatic nitrogens is 2. The summed E-state index contributed by atoms with van der Waals surface area (Å²) in [5, 5.41) is 11.6. The number of amides is 1. The van der Waals surface area contributed by atoms with Crippen LogP contribution in [0.25, 0.3) is 22.0 Å². The third-order valence-corrected chi connectivity index (χ3v) is 3.92. The molecule has 1 amide bonds. The monoisotopic (exact) mass is 323 g/mol. The zero-order valence-corrected chi connectivity index (χ0v) is 13.2. The molecule has 122 valence electrons. The molecule has 3 aromatic rings. The van der Waals surface area contributed by atoms with Crippen molar-refractivity contribution < 1.29 is 9.90 Å². The minimum atomic E-state index is -0.579. The van der Waals surface area contributed by atoms with Crippen molar-refractivity contribution in [3.63, 3.8) is 0 Å². The van der Waals surface area contributed by atoms with Crippen LogP contribution in [0.2, 0.25) is 0 Å². The molecule has 6 heteroatoms. The van der Waals surface area contributed by atoms with Gasteiger partial charge in [-0.15, -0.1) is 0 Å². The Labute approximate surface area is 138 Å². The molecule has 3 rings (SSSR count). The molecule has 0 bridgehead atoms. The number of benzene rings is 1. The number of hydrogen-bond donors (Lipinski definition) is 2. The fourth-order valence-electron chi connectivity index (χ4n) is 2.70. The van der Waals surface area contributed by atoms with Gasteiger partial charge in [0.15, 0.2) is 0 Å². The number of nitrogens with one attached hydrogen (secondary N) is 1. The second-order valence-corrected chi connectivity index (χ2v) is 5.29. The lowest BCUT2D eigenvalue weighted by Crippen LogP contribution is -2.30. The van der Waals surface area contributed by atoms with E-state index < -0.39 is 12.6 Å². The normalized spacial score (nSPS) is 10.8. The van der Waals surface area contributed by atoms with Crippen molar-refractivity contribution in [2.24, 2.45) is 0 Å². The van der Waals surface area contributed by atoms with E-state index in [0.717, 1.165) is 16.6 Å². The van der Waals surface area contributed by atoms with E-state index in [1.165, 1.54) is 6.20 Å². The molecular formula is C18H17N3O3. The highest BCUT2D eigenvalue weighted by Crippen LogP contribution is 2.23. The Morgan fingerprint density at radius 3 is 2.62 bits per heavy atom. The number of aryl methyl sites for hydroxylation is 1. The number of carbonyl (C=O) groups excluding carboxylic acids is 1. The first kappa shape index (κ1) is 15.9. The van der Waals surface area contributed by atoms with E-state index in [1.54, 1.807) is 18.5 Å². The number of pyridine rings is 2. The summed E-state index contributed by atoms with van der Waals surface area (Å²) in [5.74, 6) is -0.579. The average Bonchev–Trinajstić information content (AvgIpc) is 2.62. The molecular weight excluding hydrogens is 306 g/mol. The van der Waals surface area contributed by atoms with Gasteiger partial charge in [-0.3, -0.25) is 14.6 Å². The van der Waals surface area contributed by atoms with Gasteiger partial charge in [-0.1, -0.05) is 6.07 Å². The van der Waals surface area contributed by atoms with Gasteiger partial charge >= 0.3 is 0 Å². The summed E-state index contributed by atoms with van der Waals surface area (Å²) in [4.78, 5) is 28.6. The predicted octanol–water partition coefficient (Wildman–Crippen LogP) is 1.76. The van der Waals surface area contributed by atoms with Gasteiger partial charge in [-0.05, 0) is 42.3 Å².